The highest BCUT2D eigenvalue weighted by molar-refractivity contribution is 7.98. The lowest BCUT2D eigenvalue weighted by molar-refractivity contribution is 0.0955. The first-order valence-electron chi connectivity index (χ1n) is 10.00. The SMILES string of the molecule is Cc1ccc(S(=O)(=O)NCc2ccccc2)cc1C(=O)NCCSCc1ccccc1. The predicted molar refractivity (Wildman–Crippen MR) is 127 cm³/mol. The zero-order valence-electron chi connectivity index (χ0n) is 17.4. The Labute approximate surface area is 188 Å². The maximum absolute atomic E-state index is 12.7. The van der Waals surface area contributed by atoms with Crippen LogP contribution in [0.2, 0.25) is 0 Å². The van der Waals surface area contributed by atoms with Gasteiger partial charge in [-0.1, -0.05) is 66.7 Å². The van der Waals surface area contributed by atoms with Crippen molar-refractivity contribution in [1.82, 2.24) is 10.0 Å². The molecule has 3 rings (SSSR count). The predicted octanol–water partition coefficient (Wildman–Crippen LogP) is 4.14. The molecule has 7 heteroatoms. The molecule has 0 heterocycles. The number of carbonyl (C=O) groups is 1. The van der Waals surface area contributed by atoms with Crippen molar-refractivity contribution in [1.29, 1.82) is 0 Å². The summed E-state index contributed by atoms with van der Waals surface area (Å²) in [5.41, 5.74) is 3.21. The number of thioether (sulfide) groups is 1. The molecule has 0 aliphatic rings. The lowest BCUT2D eigenvalue weighted by Crippen LogP contribution is -2.27. The van der Waals surface area contributed by atoms with Gasteiger partial charge in [-0.05, 0) is 35.7 Å². The lowest BCUT2D eigenvalue weighted by Gasteiger charge is -2.11. The highest BCUT2D eigenvalue weighted by Crippen LogP contribution is 2.17. The molecule has 31 heavy (non-hydrogen) atoms. The Balaban J connectivity index is 1.55. The molecule has 5 nitrogen and oxygen atoms in total. The number of hydrogen-bond donors (Lipinski definition) is 2. The van der Waals surface area contributed by atoms with Gasteiger partial charge in [0.25, 0.3) is 5.91 Å². The smallest absolute Gasteiger partial charge is 0.251 e. The van der Waals surface area contributed by atoms with Crippen LogP contribution in [0.4, 0.5) is 0 Å². The molecule has 2 N–H and O–H groups in total. The Morgan fingerprint density at radius 1 is 0.903 bits per heavy atom. The normalized spacial score (nSPS) is 11.3. The molecule has 0 radical (unpaired) electrons. The molecule has 0 aromatic heterocycles. The van der Waals surface area contributed by atoms with Crippen molar-refractivity contribution in [2.45, 2.75) is 24.1 Å². The van der Waals surface area contributed by atoms with Crippen molar-refractivity contribution in [3.8, 4) is 0 Å². The summed E-state index contributed by atoms with van der Waals surface area (Å²) in [5.74, 6) is 1.39. The summed E-state index contributed by atoms with van der Waals surface area (Å²) in [6.45, 7) is 2.50. The van der Waals surface area contributed by atoms with Crippen LogP contribution in [-0.2, 0) is 22.3 Å². The second-order valence-corrected chi connectivity index (χ2v) is 9.95. The average Bonchev–Trinajstić information content (AvgIpc) is 2.79. The average molecular weight is 455 g/mol. The largest absolute Gasteiger partial charge is 0.351 e. The molecule has 0 bridgehead atoms. The van der Waals surface area contributed by atoms with E-state index in [1.165, 1.54) is 17.7 Å². The molecule has 0 aliphatic heterocycles. The molecule has 3 aromatic carbocycles. The number of rotatable bonds is 10. The van der Waals surface area contributed by atoms with Gasteiger partial charge in [-0.3, -0.25) is 4.79 Å². The van der Waals surface area contributed by atoms with E-state index >= 15 is 0 Å². The summed E-state index contributed by atoms with van der Waals surface area (Å²) in [6.07, 6.45) is 0. The second-order valence-electron chi connectivity index (χ2n) is 7.08. The zero-order valence-corrected chi connectivity index (χ0v) is 19.0. The maximum Gasteiger partial charge on any atom is 0.251 e. The molecular weight excluding hydrogens is 428 g/mol. The van der Waals surface area contributed by atoms with Crippen LogP contribution < -0.4 is 10.0 Å². The van der Waals surface area contributed by atoms with E-state index in [1.54, 1.807) is 24.8 Å². The fourth-order valence-corrected chi connectivity index (χ4v) is 4.83. The number of amides is 1. The fourth-order valence-electron chi connectivity index (χ4n) is 2.97. The van der Waals surface area contributed by atoms with Crippen molar-refractivity contribution in [3.05, 3.63) is 101 Å². The van der Waals surface area contributed by atoms with Gasteiger partial charge in [0.1, 0.15) is 0 Å². The first-order valence-corrected chi connectivity index (χ1v) is 12.6. The van der Waals surface area contributed by atoms with E-state index < -0.39 is 10.0 Å². The minimum absolute atomic E-state index is 0.0811. The second kappa shape index (κ2) is 11.1. The summed E-state index contributed by atoms with van der Waals surface area (Å²) in [4.78, 5) is 12.7. The van der Waals surface area contributed by atoms with E-state index in [0.717, 1.165) is 22.6 Å². The third kappa shape index (κ3) is 6.95. The van der Waals surface area contributed by atoms with Gasteiger partial charge in [-0.15, -0.1) is 0 Å². The van der Waals surface area contributed by atoms with Gasteiger partial charge in [-0.2, -0.15) is 11.8 Å². The quantitative estimate of drug-likeness (QED) is 0.452. The molecule has 0 unspecified atom stereocenters. The third-order valence-electron chi connectivity index (χ3n) is 4.72. The molecule has 0 spiro atoms. The van der Waals surface area contributed by atoms with E-state index in [9.17, 15) is 13.2 Å². The third-order valence-corrected chi connectivity index (χ3v) is 7.15. The van der Waals surface area contributed by atoms with Crippen molar-refractivity contribution < 1.29 is 13.2 Å². The standard InChI is InChI=1S/C24H26N2O3S2/c1-19-12-13-22(31(28,29)26-17-20-8-4-2-5-9-20)16-23(19)24(27)25-14-15-30-18-21-10-6-3-7-11-21/h2-13,16,26H,14-15,17-18H2,1H3,(H,25,27). The molecule has 0 fully saturated rings. The van der Waals surface area contributed by atoms with Crippen LogP contribution >= 0.6 is 11.8 Å². The highest BCUT2D eigenvalue weighted by Gasteiger charge is 2.18. The first-order chi connectivity index (χ1) is 15.0. The number of sulfonamides is 1. The van der Waals surface area contributed by atoms with Crippen LogP contribution in [-0.4, -0.2) is 26.6 Å². The number of benzene rings is 3. The topological polar surface area (TPSA) is 75.3 Å². The number of carbonyl (C=O) groups excluding carboxylic acids is 1. The maximum atomic E-state index is 12.7. The summed E-state index contributed by atoms with van der Waals surface area (Å²) < 4.78 is 27.9. The van der Waals surface area contributed by atoms with Gasteiger partial charge in [0.2, 0.25) is 10.0 Å². The Bertz CT molecular complexity index is 1100. The van der Waals surface area contributed by atoms with E-state index in [4.69, 9.17) is 0 Å². The minimum atomic E-state index is -3.73. The van der Waals surface area contributed by atoms with Crippen LogP contribution in [0.15, 0.2) is 83.8 Å². The number of aryl methyl sites for hydroxylation is 1. The Morgan fingerprint density at radius 3 is 2.23 bits per heavy atom. The molecule has 0 saturated carbocycles. The molecule has 0 aliphatic carbocycles. The lowest BCUT2D eigenvalue weighted by atomic mass is 10.1. The van der Waals surface area contributed by atoms with Gasteiger partial charge in [-0.25, -0.2) is 13.1 Å². The zero-order chi connectivity index (χ0) is 22.1. The molecular formula is C24H26N2O3S2. The molecule has 1 amide bonds. The summed E-state index contributed by atoms with van der Waals surface area (Å²) >= 11 is 1.74. The summed E-state index contributed by atoms with van der Waals surface area (Å²) in [5, 5.41) is 2.89. The summed E-state index contributed by atoms with van der Waals surface area (Å²) in [7, 11) is -3.73. The van der Waals surface area contributed by atoms with Gasteiger partial charge in [0, 0.05) is 30.2 Å². The molecule has 0 atom stereocenters. The van der Waals surface area contributed by atoms with E-state index in [0.29, 0.717) is 12.1 Å². The molecule has 3 aromatic rings. The van der Waals surface area contributed by atoms with Gasteiger partial charge < -0.3 is 5.32 Å². The van der Waals surface area contributed by atoms with Crippen LogP contribution in [0.3, 0.4) is 0 Å². The number of hydrogen-bond acceptors (Lipinski definition) is 4. The highest BCUT2D eigenvalue weighted by atomic mass is 32.2. The monoisotopic (exact) mass is 454 g/mol. The van der Waals surface area contributed by atoms with Crippen LogP contribution in [0, 0.1) is 6.92 Å². The van der Waals surface area contributed by atoms with Gasteiger partial charge >= 0.3 is 0 Å². The van der Waals surface area contributed by atoms with E-state index in [2.05, 4.69) is 22.2 Å². The Kier molecular flexibility index (Phi) is 8.28. The van der Waals surface area contributed by atoms with Crippen LogP contribution in [0.25, 0.3) is 0 Å². The fraction of sp³-hybridized carbons (Fsp3) is 0.208. The van der Waals surface area contributed by atoms with Crippen molar-refractivity contribution >= 4 is 27.7 Å². The first kappa shape index (κ1) is 23.1. The van der Waals surface area contributed by atoms with Crippen LogP contribution in [0.1, 0.15) is 27.0 Å². The van der Waals surface area contributed by atoms with Crippen molar-refractivity contribution in [3.63, 3.8) is 0 Å². The van der Waals surface area contributed by atoms with Gasteiger partial charge in [0.15, 0.2) is 0 Å². The number of nitrogens with one attached hydrogen (secondary N) is 2. The van der Waals surface area contributed by atoms with Crippen molar-refractivity contribution in [2.75, 3.05) is 12.3 Å². The molecule has 162 valence electrons. The van der Waals surface area contributed by atoms with Crippen molar-refractivity contribution in [2.24, 2.45) is 0 Å². The Hall–Kier alpha value is -2.61. The molecule has 0 saturated heterocycles. The van der Waals surface area contributed by atoms with Gasteiger partial charge in [0.05, 0.1) is 4.90 Å². The van der Waals surface area contributed by atoms with E-state index in [1.807, 2.05) is 48.5 Å². The summed E-state index contributed by atoms with van der Waals surface area (Å²) in [6, 6.07) is 24.1. The minimum Gasteiger partial charge on any atom is -0.351 e. The van der Waals surface area contributed by atoms with E-state index in [-0.39, 0.29) is 17.3 Å². The Morgan fingerprint density at radius 2 is 1.55 bits per heavy atom. The van der Waals surface area contributed by atoms with Crippen LogP contribution in [0.5, 0.6) is 0 Å².